The van der Waals surface area contributed by atoms with E-state index in [1.54, 1.807) is 7.11 Å². The Morgan fingerprint density at radius 2 is 2.16 bits per heavy atom. The molecule has 0 bridgehead atoms. The summed E-state index contributed by atoms with van der Waals surface area (Å²) in [5, 5.41) is 15.4. The van der Waals surface area contributed by atoms with Gasteiger partial charge in [0.15, 0.2) is 0 Å². The molecule has 104 valence electrons. The fraction of sp³-hybridized carbons (Fsp3) is 0.417. The molecular weight excluding hydrogens is 380 g/mol. The molecule has 1 aliphatic rings. The summed E-state index contributed by atoms with van der Waals surface area (Å²) in [6.07, 6.45) is 0.0742. The van der Waals surface area contributed by atoms with Crippen molar-refractivity contribution in [1.82, 2.24) is 5.32 Å². The zero-order chi connectivity index (χ0) is 14.0. The van der Waals surface area contributed by atoms with Crippen LogP contribution in [-0.4, -0.2) is 36.8 Å². The Labute approximate surface area is 128 Å². The van der Waals surface area contributed by atoms with Crippen molar-refractivity contribution in [2.45, 2.75) is 12.0 Å². The van der Waals surface area contributed by atoms with Gasteiger partial charge >= 0.3 is 5.97 Å². The van der Waals surface area contributed by atoms with Gasteiger partial charge in [-0.05, 0) is 37.9 Å². The Balaban J connectivity index is 2.24. The summed E-state index contributed by atoms with van der Waals surface area (Å²) in [6.45, 7) is 1.26. The van der Waals surface area contributed by atoms with E-state index in [1.165, 1.54) is 0 Å². The summed E-state index contributed by atoms with van der Waals surface area (Å²) >= 11 is 6.87. The second-order valence-corrected chi connectivity index (χ2v) is 6.25. The number of carbonyl (C=O) groups is 1. The number of nitrogens with one attached hydrogen (secondary N) is 2. The zero-order valence-corrected chi connectivity index (χ0v) is 13.5. The minimum Gasteiger partial charge on any atom is -0.495 e. The maximum atomic E-state index is 10.9. The van der Waals surface area contributed by atoms with Crippen molar-refractivity contribution in [3.8, 4) is 5.75 Å². The van der Waals surface area contributed by atoms with Crippen LogP contribution < -0.4 is 15.4 Å². The molecule has 0 spiro atoms. The van der Waals surface area contributed by atoms with Crippen molar-refractivity contribution in [3.05, 3.63) is 21.1 Å². The van der Waals surface area contributed by atoms with Crippen LogP contribution in [-0.2, 0) is 4.79 Å². The molecule has 3 N–H and O–H groups in total. The molecule has 1 saturated heterocycles. The van der Waals surface area contributed by atoms with E-state index in [1.807, 2.05) is 12.1 Å². The molecule has 0 saturated carbocycles. The predicted octanol–water partition coefficient (Wildman–Crippen LogP) is 2.45. The maximum absolute atomic E-state index is 10.9. The molecule has 1 heterocycles. The normalized spacial score (nSPS) is 16.6. The second-order valence-electron chi connectivity index (χ2n) is 4.55. The summed E-state index contributed by atoms with van der Waals surface area (Å²) in [5.74, 6) is -0.113. The van der Waals surface area contributed by atoms with Gasteiger partial charge in [0.05, 0.1) is 29.2 Å². The molecular formula is C12H14Br2N2O3. The Morgan fingerprint density at radius 1 is 1.47 bits per heavy atom. The van der Waals surface area contributed by atoms with Crippen molar-refractivity contribution < 1.29 is 14.6 Å². The summed E-state index contributed by atoms with van der Waals surface area (Å²) in [7, 11) is 1.59. The molecule has 19 heavy (non-hydrogen) atoms. The number of carboxylic acid groups (broad SMARTS) is 1. The zero-order valence-electron chi connectivity index (χ0n) is 10.3. The van der Waals surface area contributed by atoms with Crippen LogP contribution in [0.2, 0.25) is 0 Å². The molecule has 0 aliphatic carbocycles. The smallest absolute Gasteiger partial charge is 0.305 e. The van der Waals surface area contributed by atoms with E-state index in [2.05, 4.69) is 42.5 Å². The quantitative estimate of drug-likeness (QED) is 0.716. The lowest BCUT2D eigenvalue weighted by atomic mass is 9.88. The molecule has 1 fully saturated rings. The largest absolute Gasteiger partial charge is 0.495 e. The Kier molecular flexibility index (Phi) is 4.37. The number of benzene rings is 1. The first kappa shape index (κ1) is 14.6. The first-order valence-corrected chi connectivity index (χ1v) is 7.28. The van der Waals surface area contributed by atoms with Gasteiger partial charge in [0, 0.05) is 23.6 Å². The Hall–Kier alpha value is -0.790. The van der Waals surface area contributed by atoms with Crippen LogP contribution in [0.5, 0.6) is 5.75 Å². The average molecular weight is 394 g/mol. The van der Waals surface area contributed by atoms with E-state index in [0.717, 1.165) is 14.6 Å². The van der Waals surface area contributed by atoms with E-state index in [0.29, 0.717) is 18.8 Å². The Bertz CT molecular complexity index is 504. The van der Waals surface area contributed by atoms with Crippen LogP contribution in [0.15, 0.2) is 21.1 Å². The first-order chi connectivity index (χ1) is 8.96. The van der Waals surface area contributed by atoms with Gasteiger partial charge in [-0.25, -0.2) is 0 Å². The topological polar surface area (TPSA) is 70.6 Å². The van der Waals surface area contributed by atoms with Crippen LogP contribution in [0.1, 0.15) is 6.42 Å². The SMILES string of the molecule is COc1cc(NC2(CC(=O)O)CNC2)c(Br)cc1Br. The molecule has 0 amide bonds. The molecule has 0 radical (unpaired) electrons. The highest BCUT2D eigenvalue weighted by atomic mass is 79.9. The Morgan fingerprint density at radius 3 is 2.63 bits per heavy atom. The van der Waals surface area contributed by atoms with Gasteiger partial charge in [0.1, 0.15) is 5.75 Å². The highest BCUT2D eigenvalue weighted by molar-refractivity contribution is 9.11. The van der Waals surface area contributed by atoms with Gasteiger partial charge in [0.25, 0.3) is 0 Å². The lowest BCUT2D eigenvalue weighted by Gasteiger charge is -2.43. The third kappa shape index (κ3) is 3.21. The molecule has 0 unspecified atom stereocenters. The number of ether oxygens (including phenoxy) is 1. The van der Waals surface area contributed by atoms with E-state index >= 15 is 0 Å². The van der Waals surface area contributed by atoms with Gasteiger partial charge in [0.2, 0.25) is 0 Å². The van der Waals surface area contributed by atoms with Crippen molar-refractivity contribution in [2.75, 3.05) is 25.5 Å². The summed E-state index contributed by atoms with van der Waals surface area (Å²) in [6, 6.07) is 3.72. The summed E-state index contributed by atoms with van der Waals surface area (Å²) < 4.78 is 6.95. The van der Waals surface area contributed by atoms with Gasteiger partial charge in [-0.15, -0.1) is 0 Å². The highest BCUT2D eigenvalue weighted by Gasteiger charge is 2.39. The summed E-state index contributed by atoms with van der Waals surface area (Å²) in [5.41, 5.74) is 0.385. The standard InChI is InChI=1S/C12H14Br2N2O3/c1-19-10-3-9(7(13)2-8(10)14)16-12(4-11(17)18)5-15-6-12/h2-3,15-16H,4-6H2,1H3,(H,17,18). The van der Waals surface area contributed by atoms with Gasteiger partial charge in [-0.1, -0.05) is 0 Å². The van der Waals surface area contributed by atoms with Crippen molar-refractivity contribution in [3.63, 3.8) is 0 Å². The molecule has 0 atom stereocenters. The minimum atomic E-state index is -0.811. The van der Waals surface area contributed by atoms with Crippen LogP contribution in [0.4, 0.5) is 5.69 Å². The average Bonchev–Trinajstić information content (AvgIpc) is 2.28. The molecule has 1 aromatic rings. The van der Waals surface area contributed by atoms with Gasteiger partial charge < -0.3 is 20.5 Å². The van der Waals surface area contributed by atoms with Crippen molar-refractivity contribution in [1.29, 1.82) is 0 Å². The number of anilines is 1. The van der Waals surface area contributed by atoms with Gasteiger partial charge in [-0.3, -0.25) is 4.79 Å². The third-order valence-corrected chi connectivity index (χ3v) is 4.33. The van der Waals surface area contributed by atoms with Crippen molar-refractivity contribution >= 4 is 43.5 Å². The van der Waals surface area contributed by atoms with Crippen LogP contribution in [0, 0.1) is 0 Å². The van der Waals surface area contributed by atoms with Crippen LogP contribution in [0.25, 0.3) is 0 Å². The monoisotopic (exact) mass is 392 g/mol. The van der Waals surface area contributed by atoms with E-state index < -0.39 is 11.5 Å². The number of methoxy groups -OCH3 is 1. The van der Waals surface area contributed by atoms with Crippen LogP contribution >= 0.6 is 31.9 Å². The van der Waals surface area contributed by atoms with Gasteiger partial charge in [-0.2, -0.15) is 0 Å². The fourth-order valence-electron chi connectivity index (χ4n) is 2.04. The number of halogens is 2. The fourth-order valence-corrected chi connectivity index (χ4v) is 3.30. The molecule has 1 aliphatic heterocycles. The number of carboxylic acids is 1. The maximum Gasteiger partial charge on any atom is 0.305 e. The second kappa shape index (κ2) is 5.68. The molecule has 5 nitrogen and oxygen atoms in total. The number of aliphatic carboxylic acids is 1. The number of hydrogen-bond donors (Lipinski definition) is 3. The molecule has 2 rings (SSSR count). The highest BCUT2D eigenvalue weighted by Crippen LogP contribution is 2.36. The third-order valence-electron chi connectivity index (χ3n) is 3.06. The lowest BCUT2D eigenvalue weighted by molar-refractivity contribution is -0.138. The molecule has 1 aromatic carbocycles. The molecule has 7 heteroatoms. The predicted molar refractivity (Wildman–Crippen MR) is 79.9 cm³/mol. The lowest BCUT2D eigenvalue weighted by Crippen LogP contribution is -2.65. The van der Waals surface area contributed by atoms with Crippen molar-refractivity contribution in [2.24, 2.45) is 0 Å². The van der Waals surface area contributed by atoms with Crippen LogP contribution in [0.3, 0.4) is 0 Å². The number of rotatable bonds is 5. The summed E-state index contributed by atoms with van der Waals surface area (Å²) in [4.78, 5) is 10.9. The minimum absolute atomic E-state index is 0.0742. The van der Waals surface area contributed by atoms with E-state index in [9.17, 15) is 4.79 Å². The molecule has 0 aromatic heterocycles. The van der Waals surface area contributed by atoms with E-state index in [-0.39, 0.29) is 6.42 Å². The van der Waals surface area contributed by atoms with E-state index in [4.69, 9.17) is 9.84 Å². The first-order valence-electron chi connectivity index (χ1n) is 5.69. The number of hydrogen-bond acceptors (Lipinski definition) is 4.